The first kappa shape index (κ1) is 16.1. The standard InChI is InChI=1S/C15H20F3NO2/c1-20-13-4-2-3-11(9-13)14(10-19-12-5-6-12)21-8-7-15(16,17)18/h2-4,9,12,14,19H,5-8,10H2,1H3. The summed E-state index contributed by atoms with van der Waals surface area (Å²) in [6.07, 6.45) is -3.29. The van der Waals surface area contributed by atoms with E-state index in [9.17, 15) is 13.2 Å². The van der Waals surface area contributed by atoms with Crippen molar-refractivity contribution in [3.05, 3.63) is 29.8 Å². The van der Waals surface area contributed by atoms with Gasteiger partial charge in [-0.1, -0.05) is 12.1 Å². The third-order valence-corrected chi connectivity index (χ3v) is 3.34. The molecule has 21 heavy (non-hydrogen) atoms. The molecular weight excluding hydrogens is 283 g/mol. The van der Waals surface area contributed by atoms with Gasteiger partial charge >= 0.3 is 6.18 Å². The van der Waals surface area contributed by atoms with E-state index in [1.807, 2.05) is 12.1 Å². The molecule has 1 fully saturated rings. The van der Waals surface area contributed by atoms with E-state index < -0.39 is 18.7 Å². The van der Waals surface area contributed by atoms with Crippen molar-refractivity contribution >= 4 is 0 Å². The minimum absolute atomic E-state index is 0.336. The van der Waals surface area contributed by atoms with E-state index in [-0.39, 0.29) is 6.61 Å². The quantitative estimate of drug-likeness (QED) is 0.798. The predicted molar refractivity (Wildman–Crippen MR) is 73.4 cm³/mol. The Morgan fingerprint density at radius 1 is 1.33 bits per heavy atom. The second-order valence-electron chi connectivity index (χ2n) is 5.18. The lowest BCUT2D eigenvalue weighted by atomic mass is 10.1. The smallest absolute Gasteiger partial charge is 0.391 e. The number of rotatable bonds is 8. The highest BCUT2D eigenvalue weighted by atomic mass is 19.4. The Bertz CT molecular complexity index is 447. The fourth-order valence-corrected chi connectivity index (χ4v) is 1.99. The minimum Gasteiger partial charge on any atom is -0.497 e. The van der Waals surface area contributed by atoms with Crippen molar-refractivity contribution in [3.63, 3.8) is 0 Å². The number of benzene rings is 1. The zero-order chi connectivity index (χ0) is 15.3. The van der Waals surface area contributed by atoms with Crippen LogP contribution < -0.4 is 10.1 Å². The third-order valence-electron chi connectivity index (χ3n) is 3.34. The van der Waals surface area contributed by atoms with Gasteiger partial charge in [0.05, 0.1) is 26.2 Å². The van der Waals surface area contributed by atoms with Crippen LogP contribution in [0.25, 0.3) is 0 Å². The molecule has 1 unspecified atom stereocenters. The van der Waals surface area contributed by atoms with Gasteiger partial charge in [0.25, 0.3) is 0 Å². The highest BCUT2D eigenvalue weighted by Crippen LogP contribution is 2.26. The van der Waals surface area contributed by atoms with Crippen LogP contribution in [0.2, 0.25) is 0 Å². The Kier molecular flexibility index (Phi) is 5.47. The molecule has 1 N–H and O–H groups in total. The maximum atomic E-state index is 12.2. The van der Waals surface area contributed by atoms with Crippen LogP contribution in [0.3, 0.4) is 0 Å². The summed E-state index contributed by atoms with van der Waals surface area (Å²) in [6.45, 7) is 0.174. The second-order valence-corrected chi connectivity index (χ2v) is 5.18. The zero-order valence-corrected chi connectivity index (χ0v) is 12.0. The zero-order valence-electron chi connectivity index (χ0n) is 12.0. The molecule has 0 heterocycles. The summed E-state index contributed by atoms with van der Waals surface area (Å²) in [5.41, 5.74) is 0.824. The first-order valence-electron chi connectivity index (χ1n) is 7.03. The molecule has 0 saturated heterocycles. The summed E-state index contributed by atoms with van der Waals surface area (Å²) in [6, 6.07) is 7.72. The number of ether oxygens (including phenoxy) is 2. The molecule has 118 valence electrons. The number of hydrogen-bond donors (Lipinski definition) is 1. The molecule has 2 rings (SSSR count). The first-order valence-corrected chi connectivity index (χ1v) is 7.03. The molecule has 0 spiro atoms. The molecule has 6 heteroatoms. The van der Waals surface area contributed by atoms with E-state index in [0.29, 0.717) is 18.3 Å². The number of halogens is 3. The number of hydrogen-bond acceptors (Lipinski definition) is 3. The van der Waals surface area contributed by atoms with Gasteiger partial charge in [-0.3, -0.25) is 0 Å². The van der Waals surface area contributed by atoms with Crippen LogP contribution in [0.5, 0.6) is 5.75 Å². The minimum atomic E-state index is -4.19. The largest absolute Gasteiger partial charge is 0.497 e. The second kappa shape index (κ2) is 7.13. The molecule has 1 atom stereocenters. The topological polar surface area (TPSA) is 30.5 Å². The lowest BCUT2D eigenvalue weighted by molar-refractivity contribution is -0.149. The van der Waals surface area contributed by atoms with Crippen LogP contribution in [0.4, 0.5) is 13.2 Å². The summed E-state index contributed by atoms with van der Waals surface area (Å²) in [7, 11) is 1.56. The Labute approximate surface area is 122 Å². The highest BCUT2D eigenvalue weighted by molar-refractivity contribution is 5.30. The van der Waals surface area contributed by atoms with Gasteiger partial charge in [0, 0.05) is 12.6 Å². The van der Waals surface area contributed by atoms with E-state index in [2.05, 4.69) is 5.32 Å². The molecule has 0 bridgehead atoms. The number of nitrogens with one attached hydrogen (secondary N) is 1. The molecule has 1 aromatic rings. The van der Waals surface area contributed by atoms with Gasteiger partial charge in [0.15, 0.2) is 0 Å². The lowest BCUT2D eigenvalue weighted by Crippen LogP contribution is -2.26. The van der Waals surface area contributed by atoms with Crippen LogP contribution in [-0.2, 0) is 4.74 Å². The first-order chi connectivity index (χ1) is 9.98. The maximum Gasteiger partial charge on any atom is 0.391 e. The Balaban J connectivity index is 1.95. The van der Waals surface area contributed by atoms with Crippen LogP contribution in [0, 0.1) is 0 Å². The van der Waals surface area contributed by atoms with Gasteiger partial charge < -0.3 is 14.8 Å². The summed E-state index contributed by atoms with van der Waals surface area (Å²) in [5.74, 6) is 0.670. The number of alkyl halides is 3. The van der Waals surface area contributed by atoms with E-state index >= 15 is 0 Å². The van der Waals surface area contributed by atoms with Gasteiger partial charge in [0.2, 0.25) is 0 Å². The predicted octanol–water partition coefficient (Wildman–Crippen LogP) is 3.46. The molecule has 0 aliphatic heterocycles. The summed E-state index contributed by atoms with van der Waals surface area (Å²) >= 11 is 0. The van der Waals surface area contributed by atoms with Crippen LogP contribution in [0.15, 0.2) is 24.3 Å². The fourth-order valence-electron chi connectivity index (χ4n) is 1.99. The normalized spacial score (nSPS) is 16.8. The van der Waals surface area contributed by atoms with Crippen LogP contribution in [-0.4, -0.2) is 32.5 Å². The van der Waals surface area contributed by atoms with E-state index in [1.165, 1.54) is 0 Å². The third kappa shape index (κ3) is 5.93. The van der Waals surface area contributed by atoms with Gasteiger partial charge in [-0.15, -0.1) is 0 Å². The fraction of sp³-hybridized carbons (Fsp3) is 0.600. The Hall–Kier alpha value is -1.27. The van der Waals surface area contributed by atoms with Crippen molar-refractivity contribution in [2.24, 2.45) is 0 Å². The molecule has 3 nitrogen and oxygen atoms in total. The highest BCUT2D eigenvalue weighted by Gasteiger charge is 2.28. The molecule has 0 amide bonds. The average Bonchev–Trinajstić information content (AvgIpc) is 3.25. The van der Waals surface area contributed by atoms with Crippen molar-refractivity contribution < 1.29 is 22.6 Å². The van der Waals surface area contributed by atoms with Crippen molar-refractivity contribution in [1.29, 1.82) is 0 Å². The lowest BCUT2D eigenvalue weighted by Gasteiger charge is -2.20. The van der Waals surface area contributed by atoms with Gasteiger partial charge in [-0.05, 0) is 30.5 Å². The molecule has 0 aromatic heterocycles. The van der Waals surface area contributed by atoms with Gasteiger partial charge in [-0.25, -0.2) is 0 Å². The molecule has 0 radical (unpaired) electrons. The van der Waals surface area contributed by atoms with E-state index in [1.54, 1.807) is 19.2 Å². The summed E-state index contributed by atoms with van der Waals surface area (Å²) in [4.78, 5) is 0. The number of methoxy groups -OCH3 is 1. The Morgan fingerprint density at radius 3 is 2.71 bits per heavy atom. The molecule has 1 saturated carbocycles. The molecule has 1 aliphatic carbocycles. The van der Waals surface area contributed by atoms with Crippen molar-refractivity contribution in [1.82, 2.24) is 5.32 Å². The summed E-state index contributed by atoms with van der Waals surface area (Å²) < 4.78 is 47.3. The monoisotopic (exact) mass is 303 g/mol. The SMILES string of the molecule is COc1cccc(C(CNC2CC2)OCCC(F)(F)F)c1. The maximum absolute atomic E-state index is 12.2. The van der Waals surface area contributed by atoms with Gasteiger partial charge in [-0.2, -0.15) is 13.2 Å². The summed E-state index contributed by atoms with van der Waals surface area (Å²) in [5, 5.41) is 3.29. The van der Waals surface area contributed by atoms with E-state index in [0.717, 1.165) is 18.4 Å². The molecular formula is C15H20F3NO2. The van der Waals surface area contributed by atoms with Crippen LogP contribution >= 0.6 is 0 Å². The van der Waals surface area contributed by atoms with Gasteiger partial charge in [0.1, 0.15) is 5.75 Å². The van der Waals surface area contributed by atoms with Crippen molar-refractivity contribution in [3.8, 4) is 5.75 Å². The average molecular weight is 303 g/mol. The van der Waals surface area contributed by atoms with E-state index in [4.69, 9.17) is 9.47 Å². The Morgan fingerprint density at radius 2 is 2.10 bits per heavy atom. The van der Waals surface area contributed by atoms with Crippen molar-refractivity contribution in [2.75, 3.05) is 20.3 Å². The molecule has 1 aromatic carbocycles. The molecule has 1 aliphatic rings. The van der Waals surface area contributed by atoms with Crippen molar-refractivity contribution in [2.45, 2.75) is 37.6 Å². The van der Waals surface area contributed by atoms with Crippen LogP contribution in [0.1, 0.15) is 30.9 Å².